The van der Waals surface area contributed by atoms with Crippen LogP contribution < -0.4 is 10.6 Å². The highest BCUT2D eigenvalue weighted by atomic mass is 35.5. The first-order valence-corrected chi connectivity index (χ1v) is 4.86. The zero-order valence-electron chi connectivity index (χ0n) is 7.85. The van der Waals surface area contributed by atoms with Gasteiger partial charge in [0.25, 0.3) is 0 Å². The number of aliphatic hydroxyl groups excluding tert-OH is 1. The van der Waals surface area contributed by atoms with Crippen LogP contribution in [0.3, 0.4) is 0 Å². The molecule has 0 aliphatic carbocycles. The van der Waals surface area contributed by atoms with Gasteiger partial charge in [-0.2, -0.15) is 0 Å². The number of anilines is 2. The Morgan fingerprint density at radius 3 is 2.93 bits per heavy atom. The molecule has 80 valence electrons. The Hall–Kier alpha value is -1.33. The molecule has 5 nitrogen and oxygen atoms in total. The van der Waals surface area contributed by atoms with E-state index in [1.165, 1.54) is 4.90 Å². The van der Waals surface area contributed by atoms with Crippen LogP contribution >= 0.6 is 11.6 Å². The molecule has 3 N–H and O–H groups in total. The van der Waals surface area contributed by atoms with Gasteiger partial charge >= 0.3 is 0 Å². The molecule has 2 rings (SSSR count). The predicted molar refractivity (Wildman–Crippen MR) is 56.6 cm³/mol. The lowest BCUT2D eigenvalue weighted by atomic mass is 10.3. The van der Waals surface area contributed by atoms with Crippen molar-refractivity contribution in [3.8, 4) is 0 Å². The number of halogens is 1. The number of aromatic nitrogens is 1. The van der Waals surface area contributed by atoms with Crippen LogP contribution in [-0.4, -0.2) is 28.6 Å². The lowest BCUT2D eigenvalue weighted by Crippen LogP contribution is -2.27. The quantitative estimate of drug-likeness (QED) is 0.682. The molecule has 0 saturated carbocycles. The number of carbonyl (C=O) groups excluding carboxylic acids is 1. The van der Waals surface area contributed by atoms with Gasteiger partial charge in [0.2, 0.25) is 5.91 Å². The summed E-state index contributed by atoms with van der Waals surface area (Å²) in [7, 11) is 0. The van der Waals surface area contributed by atoms with E-state index in [9.17, 15) is 9.90 Å². The molecule has 1 atom stereocenters. The van der Waals surface area contributed by atoms with Crippen LogP contribution in [0.1, 0.15) is 6.42 Å². The molecule has 1 fully saturated rings. The van der Waals surface area contributed by atoms with E-state index in [-0.39, 0.29) is 24.0 Å². The Kier molecular flexibility index (Phi) is 2.50. The van der Waals surface area contributed by atoms with E-state index < -0.39 is 6.10 Å². The van der Waals surface area contributed by atoms with Gasteiger partial charge in [-0.1, -0.05) is 11.6 Å². The van der Waals surface area contributed by atoms with Crippen LogP contribution in [0.25, 0.3) is 0 Å². The minimum Gasteiger partial charge on any atom is -0.396 e. The molecule has 0 spiro atoms. The van der Waals surface area contributed by atoms with E-state index in [0.717, 1.165) is 0 Å². The van der Waals surface area contributed by atoms with Crippen molar-refractivity contribution >= 4 is 29.0 Å². The Bertz CT molecular complexity index is 410. The molecule has 0 aromatic carbocycles. The first kappa shape index (κ1) is 10.2. The van der Waals surface area contributed by atoms with Gasteiger partial charge in [-0.15, -0.1) is 0 Å². The van der Waals surface area contributed by atoms with E-state index in [0.29, 0.717) is 11.5 Å². The number of carbonyl (C=O) groups is 1. The molecule has 1 amide bonds. The molecular formula is C9H10ClN3O2. The topological polar surface area (TPSA) is 79.4 Å². The number of hydrogen-bond donors (Lipinski definition) is 2. The summed E-state index contributed by atoms with van der Waals surface area (Å²) in [5.41, 5.74) is 6.06. The lowest BCUT2D eigenvalue weighted by molar-refractivity contribution is -0.117. The minimum atomic E-state index is -0.655. The average Bonchev–Trinajstić information content (AvgIpc) is 2.50. The molecule has 1 saturated heterocycles. The highest BCUT2D eigenvalue weighted by molar-refractivity contribution is 6.29. The van der Waals surface area contributed by atoms with Crippen molar-refractivity contribution in [2.24, 2.45) is 0 Å². The minimum absolute atomic E-state index is 0.105. The van der Waals surface area contributed by atoms with Gasteiger partial charge in [-0.05, 0) is 12.1 Å². The molecule has 6 heteroatoms. The maximum absolute atomic E-state index is 11.5. The summed E-state index contributed by atoms with van der Waals surface area (Å²) in [6.45, 7) is 0.219. The van der Waals surface area contributed by atoms with Crippen LogP contribution in [0.5, 0.6) is 0 Å². The first-order valence-electron chi connectivity index (χ1n) is 4.48. The molecule has 1 aromatic heterocycles. The highest BCUT2D eigenvalue weighted by Crippen LogP contribution is 2.26. The zero-order chi connectivity index (χ0) is 11.0. The van der Waals surface area contributed by atoms with Gasteiger partial charge in [0.1, 0.15) is 5.15 Å². The Morgan fingerprint density at radius 2 is 2.33 bits per heavy atom. The largest absolute Gasteiger partial charge is 0.396 e. The number of aliphatic hydroxyl groups is 1. The second kappa shape index (κ2) is 3.67. The fourth-order valence-electron chi connectivity index (χ4n) is 1.55. The number of hydrogen-bond acceptors (Lipinski definition) is 4. The summed E-state index contributed by atoms with van der Waals surface area (Å²) in [6, 6.07) is 3.14. The van der Waals surface area contributed by atoms with Crippen molar-refractivity contribution in [2.75, 3.05) is 17.2 Å². The number of β-amino-alcohol motifs (C(OH)–C–C–N with tert-alkyl or cyclic N) is 1. The Balaban J connectivity index is 2.37. The molecule has 2 heterocycles. The van der Waals surface area contributed by atoms with Gasteiger partial charge in [-0.25, -0.2) is 4.98 Å². The second-order valence-electron chi connectivity index (χ2n) is 3.41. The average molecular weight is 228 g/mol. The van der Waals surface area contributed by atoms with E-state index >= 15 is 0 Å². The van der Waals surface area contributed by atoms with Gasteiger partial charge in [0.15, 0.2) is 5.82 Å². The van der Waals surface area contributed by atoms with Crippen LogP contribution in [0.15, 0.2) is 12.1 Å². The van der Waals surface area contributed by atoms with Crippen molar-refractivity contribution in [1.82, 2.24) is 4.98 Å². The predicted octanol–water partition coefficient (Wildman–Crippen LogP) is 0.415. The third kappa shape index (κ3) is 1.88. The fourth-order valence-corrected chi connectivity index (χ4v) is 1.69. The summed E-state index contributed by atoms with van der Waals surface area (Å²) >= 11 is 5.71. The van der Waals surface area contributed by atoms with Crippen molar-refractivity contribution < 1.29 is 9.90 Å². The molecule has 15 heavy (non-hydrogen) atoms. The number of nitrogen functional groups attached to an aromatic ring is 1. The maximum atomic E-state index is 11.5. The Labute approximate surface area is 91.5 Å². The summed E-state index contributed by atoms with van der Waals surface area (Å²) in [6.07, 6.45) is -0.550. The van der Waals surface area contributed by atoms with Crippen molar-refractivity contribution in [3.05, 3.63) is 17.3 Å². The lowest BCUT2D eigenvalue weighted by Gasteiger charge is -2.16. The molecule has 1 aromatic rings. The third-order valence-electron chi connectivity index (χ3n) is 2.23. The number of rotatable bonds is 1. The van der Waals surface area contributed by atoms with Gasteiger partial charge in [0, 0.05) is 0 Å². The van der Waals surface area contributed by atoms with E-state index in [1.807, 2.05) is 0 Å². The Morgan fingerprint density at radius 1 is 1.60 bits per heavy atom. The molecule has 0 bridgehead atoms. The van der Waals surface area contributed by atoms with Crippen LogP contribution in [0, 0.1) is 0 Å². The highest BCUT2D eigenvalue weighted by Gasteiger charge is 2.31. The van der Waals surface area contributed by atoms with Crippen LogP contribution in [0.4, 0.5) is 11.5 Å². The third-order valence-corrected chi connectivity index (χ3v) is 2.44. The molecule has 1 aliphatic heterocycles. The zero-order valence-corrected chi connectivity index (χ0v) is 8.61. The number of pyridine rings is 1. The second-order valence-corrected chi connectivity index (χ2v) is 3.80. The number of amides is 1. The van der Waals surface area contributed by atoms with Crippen LogP contribution in [-0.2, 0) is 4.79 Å². The van der Waals surface area contributed by atoms with E-state index in [1.54, 1.807) is 12.1 Å². The summed E-state index contributed by atoms with van der Waals surface area (Å²) < 4.78 is 0. The molecule has 0 radical (unpaired) electrons. The standard InChI is InChI=1S/C9H10ClN3O2/c10-7-2-1-6(11)9(12-7)13-4-5(14)3-8(13)15/h1-2,5,14H,3-4,11H2. The maximum Gasteiger partial charge on any atom is 0.230 e. The number of nitrogens with two attached hydrogens (primary N) is 1. The molecule has 1 aliphatic rings. The van der Waals surface area contributed by atoms with Gasteiger partial charge in [0.05, 0.1) is 24.8 Å². The summed E-state index contributed by atoms with van der Waals surface area (Å²) in [5, 5.41) is 9.60. The van der Waals surface area contributed by atoms with E-state index in [4.69, 9.17) is 17.3 Å². The normalized spacial score (nSPS) is 21.1. The number of nitrogens with zero attached hydrogens (tertiary/aromatic N) is 2. The van der Waals surface area contributed by atoms with Crippen molar-refractivity contribution in [2.45, 2.75) is 12.5 Å². The smallest absolute Gasteiger partial charge is 0.230 e. The van der Waals surface area contributed by atoms with Gasteiger partial charge < -0.3 is 10.8 Å². The molecular weight excluding hydrogens is 218 g/mol. The first-order chi connectivity index (χ1) is 7.08. The fraction of sp³-hybridized carbons (Fsp3) is 0.333. The summed E-state index contributed by atoms with van der Waals surface area (Å²) in [5.74, 6) is 0.132. The monoisotopic (exact) mass is 227 g/mol. The van der Waals surface area contributed by atoms with Crippen molar-refractivity contribution in [1.29, 1.82) is 0 Å². The van der Waals surface area contributed by atoms with Gasteiger partial charge in [-0.3, -0.25) is 9.69 Å². The van der Waals surface area contributed by atoms with Crippen molar-refractivity contribution in [3.63, 3.8) is 0 Å². The molecule has 1 unspecified atom stereocenters. The van der Waals surface area contributed by atoms with Crippen LogP contribution in [0.2, 0.25) is 5.15 Å². The van der Waals surface area contributed by atoms with E-state index in [2.05, 4.69) is 4.98 Å². The summed E-state index contributed by atoms with van der Waals surface area (Å²) in [4.78, 5) is 16.8. The SMILES string of the molecule is Nc1ccc(Cl)nc1N1CC(O)CC1=O.